The highest BCUT2D eigenvalue weighted by molar-refractivity contribution is 5.80. The van der Waals surface area contributed by atoms with Crippen LogP contribution in [0.4, 0.5) is 0 Å². The van der Waals surface area contributed by atoms with Gasteiger partial charge in [-0.25, -0.2) is 0 Å². The van der Waals surface area contributed by atoms with Crippen molar-refractivity contribution in [1.82, 2.24) is 5.32 Å². The van der Waals surface area contributed by atoms with E-state index in [-0.39, 0.29) is 5.91 Å². The van der Waals surface area contributed by atoms with Crippen LogP contribution >= 0.6 is 0 Å². The molecule has 0 radical (unpaired) electrons. The highest BCUT2D eigenvalue weighted by atomic mass is 16.5. The molecule has 1 amide bonds. The molecule has 2 rings (SSSR count). The van der Waals surface area contributed by atoms with Crippen molar-refractivity contribution in [2.24, 2.45) is 0 Å². The van der Waals surface area contributed by atoms with Crippen molar-refractivity contribution in [3.8, 4) is 11.5 Å². The van der Waals surface area contributed by atoms with E-state index in [4.69, 9.17) is 9.47 Å². The van der Waals surface area contributed by atoms with Gasteiger partial charge >= 0.3 is 0 Å². The molecule has 1 unspecified atom stereocenters. The number of methoxy groups -OCH3 is 1. The van der Waals surface area contributed by atoms with E-state index in [9.17, 15) is 4.79 Å². The number of rotatable bonds is 8. The zero-order valence-electron chi connectivity index (χ0n) is 15.5. The molecule has 0 aromatic heterocycles. The van der Waals surface area contributed by atoms with E-state index in [2.05, 4.69) is 5.32 Å². The van der Waals surface area contributed by atoms with Gasteiger partial charge in [0.15, 0.2) is 6.10 Å². The van der Waals surface area contributed by atoms with Gasteiger partial charge in [-0.1, -0.05) is 35.9 Å². The van der Waals surface area contributed by atoms with E-state index in [1.54, 1.807) is 14.0 Å². The Kier molecular flexibility index (Phi) is 6.87. The SMILES string of the molecule is COc1ccccc1CCCNC(=O)C(C)Oc1ccc(C)cc1C. The summed E-state index contributed by atoms with van der Waals surface area (Å²) in [7, 11) is 1.67. The maximum absolute atomic E-state index is 12.2. The van der Waals surface area contributed by atoms with Gasteiger partial charge in [0, 0.05) is 6.54 Å². The Labute approximate surface area is 150 Å². The lowest BCUT2D eigenvalue weighted by Gasteiger charge is -2.16. The van der Waals surface area contributed by atoms with E-state index < -0.39 is 6.10 Å². The fourth-order valence-corrected chi connectivity index (χ4v) is 2.72. The van der Waals surface area contributed by atoms with Gasteiger partial charge in [-0.2, -0.15) is 0 Å². The summed E-state index contributed by atoms with van der Waals surface area (Å²) in [4.78, 5) is 12.2. The molecule has 2 aromatic carbocycles. The average molecular weight is 341 g/mol. The van der Waals surface area contributed by atoms with Crippen molar-refractivity contribution in [2.75, 3.05) is 13.7 Å². The fraction of sp³-hybridized carbons (Fsp3) is 0.381. The molecule has 0 aliphatic heterocycles. The first-order chi connectivity index (χ1) is 12.0. The average Bonchev–Trinajstić information content (AvgIpc) is 2.61. The molecule has 0 saturated carbocycles. The summed E-state index contributed by atoms with van der Waals surface area (Å²) in [6.45, 7) is 6.40. The van der Waals surface area contributed by atoms with Crippen molar-refractivity contribution >= 4 is 5.91 Å². The Hall–Kier alpha value is -2.49. The molecule has 25 heavy (non-hydrogen) atoms. The smallest absolute Gasteiger partial charge is 0.260 e. The minimum absolute atomic E-state index is 0.0972. The summed E-state index contributed by atoms with van der Waals surface area (Å²) >= 11 is 0. The molecule has 0 aliphatic rings. The van der Waals surface area contributed by atoms with Crippen LogP contribution in [0.15, 0.2) is 42.5 Å². The zero-order chi connectivity index (χ0) is 18.2. The largest absolute Gasteiger partial charge is 0.496 e. The van der Waals surface area contributed by atoms with Gasteiger partial charge < -0.3 is 14.8 Å². The van der Waals surface area contributed by atoms with Crippen LogP contribution in [0, 0.1) is 13.8 Å². The first-order valence-corrected chi connectivity index (χ1v) is 8.64. The molecule has 0 fully saturated rings. The lowest BCUT2D eigenvalue weighted by molar-refractivity contribution is -0.127. The maximum Gasteiger partial charge on any atom is 0.260 e. The molecule has 4 nitrogen and oxygen atoms in total. The first-order valence-electron chi connectivity index (χ1n) is 8.64. The molecule has 0 saturated heterocycles. The number of para-hydroxylation sites is 1. The van der Waals surface area contributed by atoms with Crippen LogP contribution in [0.2, 0.25) is 0 Å². The molecule has 0 bridgehead atoms. The van der Waals surface area contributed by atoms with Crippen molar-refractivity contribution < 1.29 is 14.3 Å². The van der Waals surface area contributed by atoms with Crippen LogP contribution in [-0.4, -0.2) is 25.7 Å². The van der Waals surface area contributed by atoms with Gasteiger partial charge in [-0.3, -0.25) is 4.79 Å². The maximum atomic E-state index is 12.2. The number of ether oxygens (including phenoxy) is 2. The van der Waals surface area contributed by atoms with Gasteiger partial charge in [0.2, 0.25) is 0 Å². The molecule has 2 aromatic rings. The number of amides is 1. The summed E-state index contributed by atoms with van der Waals surface area (Å²) in [6, 6.07) is 13.9. The number of aryl methyl sites for hydroxylation is 3. The predicted octanol–water partition coefficient (Wildman–Crippen LogP) is 3.83. The Balaban J connectivity index is 1.77. The normalized spacial score (nSPS) is 11.7. The summed E-state index contributed by atoms with van der Waals surface area (Å²) in [6.07, 6.45) is 1.19. The Morgan fingerprint density at radius 3 is 2.60 bits per heavy atom. The van der Waals surface area contributed by atoms with Gasteiger partial charge in [-0.05, 0) is 56.9 Å². The fourth-order valence-electron chi connectivity index (χ4n) is 2.72. The molecule has 0 heterocycles. The molecule has 1 atom stereocenters. The number of benzene rings is 2. The molecular weight excluding hydrogens is 314 g/mol. The Morgan fingerprint density at radius 1 is 1.12 bits per heavy atom. The number of nitrogens with one attached hydrogen (secondary N) is 1. The summed E-state index contributed by atoms with van der Waals surface area (Å²) in [5, 5.41) is 2.94. The highest BCUT2D eigenvalue weighted by Gasteiger charge is 2.15. The van der Waals surface area contributed by atoms with Crippen molar-refractivity contribution in [3.63, 3.8) is 0 Å². The van der Waals surface area contributed by atoms with Crippen molar-refractivity contribution in [3.05, 3.63) is 59.2 Å². The lowest BCUT2D eigenvalue weighted by atomic mass is 10.1. The standard InChI is InChI=1S/C21H27NO3/c1-15-11-12-19(16(2)14-15)25-17(3)21(23)22-13-7-9-18-8-5-6-10-20(18)24-4/h5-6,8,10-12,14,17H,7,9,13H2,1-4H3,(H,22,23). The summed E-state index contributed by atoms with van der Waals surface area (Å²) < 4.78 is 11.1. The summed E-state index contributed by atoms with van der Waals surface area (Å²) in [5.74, 6) is 1.54. The molecule has 0 aliphatic carbocycles. The second-order valence-corrected chi connectivity index (χ2v) is 6.24. The van der Waals surface area contributed by atoms with Crippen LogP contribution < -0.4 is 14.8 Å². The third-order valence-electron chi connectivity index (χ3n) is 4.12. The molecule has 134 valence electrons. The van der Waals surface area contributed by atoms with E-state index in [0.717, 1.165) is 35.5 Å². The number of carbonyl (C=O) groups excluding carboxylic acids is 1. The van der Waals surface area contributed by atoms with Gasteiger partial charge in [0.05, 0.1) is 7.11 Å². The van der Waals surface area contributed by atoms with Crippen LogP contribution in [0.3, 0.4) is 0 Å². The number of carbonyl (C=O) groups is 1. The quantitative estimate of drug-likeness (QED) is 0.742. The molecule has 1 N–H and O–H groups in total. The predicted molar refractivity (Wildman–Crippen MR) is 100 cm³/mol. The van der Waals surface area contributed by atoms with Gasteiger partial charge in [0.25, 0.3) is 5.91 Å². The topological polar surface area (TPSA) is 47.6 Å². The van der Waals surface area contributed by atoms with Gasteiger partial charge in [-0.15, -0.1) is 0 Å². The van der Waals surface area contributed by atoms with Crippen molar-refractivity contribution in [1.29, 1.82) is 0 Å². The van der Waals surface area contributed by atoms with Crippen LogP contribution in [0.25, 0.3) is 0 Å². The Morgan fingerprint density at radius 2 is 1.88 bits per heavy atom. The first kappa shape index (κ1) is 18.8. The second-order valence-electron chi connectivity index (χ2n) is 6.24. The number of hydrogen-bond acceptors (Lipinski definition) is 3. The van der Waals surface area contributed by atoms with E-state index in [1.165, 1.54) is 5.56 Å². The van der Waals surface area contributed by atoms with Crippen LogP contribution in [0.5, 0.6) is 11.5 Å². The van der Waals surface area contributed by atoms with Gasteiger partial charge in [0.1, 0.15) is 11.5 Å². The summed E-state index contributed by atoms with van der Waals surface area (Å²) in [5.41, 5.74) is 3.37. The lowest BCUT2D eigenvalue weighted by Crippen LogP contribution is -2.37. The minimum atomic E-state index is -0.521. The molecule has 0 spiro atoms. The Bertz CT molecular complexity index is 712. The van der Waals surface area contributed by atoms with Crippen LogP contribution in [0.1, 0.15) is 30.0 Å². The van der Waals surface area contributed by atoms with E-state index in [1.807, 2.05) is 56.3 Å². The minimum Gasteiger partial charge on any atom is -0.496 e. The monoisotopic (exact) mass is 341 g/mol. The van der Waals surface area contributed by atoms with Crippen LogP contribution in [-0.2, 0) is 11.2 Å². The number of hydrogen-bond donors (Lipinski definition) is 1. The molecular formula is C21H27NO3. The third kappa shape index (κ3) is 5.52. The molecule has 4 heteroatoms. The third-order valence-corrected chi connectivity index (χ3v) is 4.12. The van der Waals surface area contributed by atoms with E-state index in [0.29, 0.717) is 6.54 Å². The highest BCUT2D eigenvalue weighted by Crippen LogP contribution is 2.20. The second kappa shape index (κ2) is 9.11. The van der Waals surface area contributed by atoms with E-state index >= 15 is 0 Å². The zero-order valence-corrected chi connectivity index (χ0v) is 15.5. The van der Waals surface area contributed by atoms with Crippen molar-refractivity contribution in [2.45, 2.75) is 39.7 Å².